The van der Waals surface area contributed by atoms with Crippen molar-refractivity contribution in [1.29, 1.82) is 0 Å². The molecular weight excluding hydrogens is 389 g/mol. The number of carbonyl (C=O) groups excluding carboxylic acids is 1. The van der Waals surface area contributed by atoms with Gasteiger partial charge >= 0.3 is 0 Å². The summed E-state index contributed by atoms with van der Waals surface area (Å²) in [6.45, 7) is 0. The van der Waals surface area contributed by atoms with Crippen LogP contribution in [0.2, 0.25) is 5.02 Å². The fraction of sp³-hybridized carbons (Fsp3) is 0.0556. The maximum absolute atomic E-state index is 13.0. The van der Waals surface area contributed by atoms with Crippen molar-refractivity contribution in [3.8, 4) is 0 Å². The molecule has 1 aromatic heterocycles. The Balaban J connectivity index is 1.81. The average molecular weight is 404 g/mol. The number of aromatic nitrogens is 2. The monoisotopic (exact) mass is 403 g/mol. The van der Waals surface area contributed by atoms with Crippen molar-refractivity contribution in [3.63, 3.8) is 0 Å². The summed E-state index contributed by atoms with van der Waals surface area (Å²) >= 11 is 11.2. The summed E-state index contributed by atoms with van der Waals surface area (Å²) in [4.78, 5) is 12.7. The molecule has 0 aliphatic heterocycles. The van der Waals surface area contributed by atoms with Crippen LogP contribution in [0.25, 0.3) is 0 Å². The number of anilines is 3. The van der Waals surface area contributed by atoms with Crippen molar-refractivity contribution in [3.05, 3.63) is 70.5 Å². The van der Waals surface area contributed by atoms with Crippen molar-refractivity contribution in [2.45, 2.75) is 6.42 Å². The third-order valence-electron chi connectivity index (χ3n) is 3.78. The van der Waals surface area contributed by atoms with Crippen molar-refractivity contribution < 1.29 is 9.18 Å². The van der Waals surface area contributed by atoms with Gasteiger partial charge in [-0.15, -0.1) is 5.10 Å². The molecule has 1 heterocycles. The summed E-state index contributed by atoms with van der Waals surface area (Å²) in [6.07, 6.45) is 0.0695. The molecular formula is C18H15ClFN5OS. The van der Waals surface area contributed by atoms with Crippen LogP contribution in [-0.4, -0.2) is 20.7 Å². The van der Waals surface area contributed by atoms with E-state index in [1.165, 1.54) is 24.3 Å². The fourth-order valence-electron chi connectivity index (χ4n) is 2.45. The van der Waals surface area contributed by atoms with Gasteiger partial charge < -0.3 is 16.8 Å². The van der Waals surface area contributed by atoms with Crippen LogP contribution in [0.5, 0.6) is 0 Å². The van der Waals surface area contributed by atoms with Crippen LogP contribution in [0.4, 0.5) is 21.7 Å². The second kappa shape index (κ2) is 7.73. The summed E-state index contributed by atoms with van der Waals surface area (Å²) in [7, 11) is 0. The Morgan fingerprint density at radius 2 is 1.78 bits per heavy atom. The van der Waals surface area contributed by atoms with Crippen molar-refractivity contribution in [1.82, 2.24) is 9.78 Å². The number of nitrogens with one attached hydrogen (secondary N) is 1. The average Bonchev–Trinajstić information content (AvgIpc) is 2.93. The number of rotatable bonds is 4. The van der Waals surface area contributed by atoms with Crippen LogP contribution in [0.3, 0.4) is 0 Å². The lowest BCUT2D eigenvalue weighted by molar-refractivity contribution is 0.0902. The van der Waals surface area contributed by atoms with Gasteiger partial charge in [-0.1, -0.05) is 36.0 Å². The van der Waals surface area contributed by atoms with E-state index in [1.807, 2.05) is 0 Å². The highest BCUT2D eigenvalue weighted by atomic mass is 35.5. The van der Waals surface area contributed by atoms with Gasteiger partial charge in [0.2, 0.25) is 0 Å². The minimum absolute atomic E-state index is 0.0246. The molecule has 3 aromatic rings. The molecule has 5 N–H and O–H groups in total. The Labute approximate surface area is 164 Å². The molecule has 3 rings (SSSR count). The van der Waals surface area contributed by atoms with E-state index in [0.717, 1.165) is 10.2 Å². The Hall–Kier alpha value is -2.97. The second-order valence-corrected chi connectivity index (χ2v) is 6.56. The van der Waals surface area contributed by atoms with E-state index in [0.29, 0.717) is 10.7 Å². The predicted octanol–water partition coefficient (Wildman–Crippen LogP) is 3.51. The van der Waals surface area contributed by atoms with E-state index in [1.54, 1.807) is 24.3 Å². The van der Waals surface area contributed by atoms with Gasteiger partial charge in [-0.25, -0.2) is 4.39 Å². The molecule has 0 radical (unpaired) electrons. The Bertz CT molecular complexity index is 1000. The molecule has 2 aromatic carbocycles. The van der Waals surface area contributed by atoms with Crippen molar-refractivity contribution in [2.75, 3.05) is 16.8 Å². The Morgan fingerprint density at radius 1 is 1.15 bits per heavy atom. The first-order valence-corrected chi connectivity index (χ1v) is 8.62. The third-order valence-corrected chi connectivity index (χ3v) is 4.34. The number of nitrogen functional groups attached to an aromatic ring is 2. The van der Waals surface area contributed by atoms with Gasteiger partial charge in [0.15, 0.2) is 5.82 Å². The lowest BCUT2D eigenvalue weighted by atomic mass is 10.1. The zero-order valence-corrected chi connectivity index (χ0v) is 15.5. The number of hydrogen-bond donors (Lipinski definition) is 3. The fourth-order valence-corrected chi connectivity index (χ4v) is 2.90. The molecule has 6 nitrogen and oxygen atoms in total. The Morgan fingerprint density at radius 3 is 2.41 bits per heavy atom. The van der Waals surface area contributed by atoms with Gasteiger partial charge in [0.05, 0.1) is 12.0 Å². The molecule has 138 valence electrons. The highest BCUT2D eigenvalue weighted by Crippen LogP contribution is 2.22. The molecule has 0 aliphatic carbocycles. The zero-order chi connectivity index (χ0) is 19.6. The molecule has 0 atom stereocenters. The molecule has 27 heavy (non-hydrogen) atoms. The van der Waals surface area contributed by atoms with Gasteiger partial charge in [-0.2, -0.15) is 4.68 Å². The van der Waals surface area contributed by atoms with E-state index in [2.05, 4.69) is 10.4 Å². The highest BCUT2D eigenvalue weighted by Gasteiger charge is 2.21. The van der Waals surface area contributed by atoms with Crippen LogP contribution >= 0.6 is 23.8 Å². The van der Waals surface area contributed by atoms with Gasteiger partial charge in [0, 0.05) is 10.7 Å². The summed E-state index contributed by atoms with van der Waals surface area (Å²) in [5.41, 5.74) is 13.5. The molecule has 0 fully saturated rings. The molecule has 0 saturated heterocycles. The van der Waals surface area contributed by atoms with Crippen LogP contribution in [-0.2, 0) is 6.42 Å². The molecule has 9 heteroatoms. The van der Waals surface area contributed by atoms with E-state index in [-0.39, 0.29) is 40.3 Å². The minimum atomic E-state index is -0.369. The first kappa shape index (κ1) is 18.8. The van der Waals surface area contributed by atoms with E-state index >= 15 is 0 Å². The van der Waals surface area contributed by atoms with Crippen LogP contribution < -0.4 is 16.8 Å². The molecule has 0 spiro atoms. The number of nitrogens with zero attached hydrogens (tertiary/aromatic N) is 2. The number of benzene rings is 2. The Kier molecular flexibility index (Phi) is 5.38. The van der Waals surface area contributed by atoms with Gasteiger partial charge in [-0.3, -0.25) is 4.79 Å². The van der Waals surface area contributed by atoms with Crippen LogP contribution in [0, 0.1) is 5.82 Å². The zero-order valence-electron chi connectivity index (χ0n) is 13.9. The predicted molar refractivity (Wildman–Crippen MR) is 109 cm³/mol. The van der Waals surface area contributed by atoms with Crippen molar-refractivity contribution >= 4 is 52.0 Å². The first-order chi connectivity index (χ1) is 12.8. The molecule has 0 unspecified atom stereocenters. The summed E-state index contributed by atoms with van der Waals surface area (Å²) in [5, 5.41) is 7.49. The molecule has 0 saturated carbocycles. The standard InChI is InChI=1S/C18H15ClFN5OS/c19-11-3-1-10(2-4-11)9-14(26)25-17(22)15(16(21)24-25)18(27)23-13-7-5-12(20)6-8-13/h1-8H,9,22H2,(H2,21,24)(H,23,27). The number of carbonyl (C=O) groups is 1. The third kappa shape index (κ3) is 4.24. The molecule has 0 aliphatic rings. The SMILES string of the molecule is Nc1nn(C(=O)Cc2ccc(Cl)cc2)c(N)c1C(=S)Nc1ccc(F)cc1. The van der Waals surface area contributed by atoms with Gasteiger partial charge in [-0.05, 0) is 42.0 Å². The maximum atomic E-state index is 13.0. The van der Waals surface area contributed by atoms with Crippen LogP contribution in [0.15, 0.2) is 48.5 Å². The number of halogens is 2. The van der Waals surface area contributed by atoms with Gasteiger partial charge in [0.25, 0.3) is 5.91 Å². The van der Waals surface area contributed by atoms with Gasteiger partial charge in [0.1, 0.15) is 16.6 Å². The highest BCUT2D eigenvalue weighted by molar-refractivity contribution is 7.81. The summed E-state index contributed by atoms with van der Waals surface area (Å²) in [6, 6.07) is 12.5. The number of thiocarbonyl (C=S) groups is 1. The van der Waals surface area contributed by atoms with E-state index < -0.39 is 0 Å². The smallest absolute Gasteiger partial charge is 0.253 e. The number of nitrogens with two attached hydrogens (primary N) is 2. The minimum Gasteiger partial charge on any atom is -0.383 e. The molecule has 0 amide bonds. The lowest BCUT2D eigenvalue weighted by Gasteiger charge is -2.08. The first-order valence-electron chi connectivity index (χ1n) is 7.83. The topological polar surface area (TPSA) is 99.0 Å². The quantitative estimate of drug-likeness (QED) is 0.576. The maximum Gasteiger partial charge on any atom is 0.253 e. The number of hydrogen-bond acceptors (Lipinski definition) is 5. The molecule has 0 bridgehead atoms. The van der Waals surface area contributed by atoms with Crippen molar-refractivity contribution in [2.24, 2.45) is 0 Å². The van der Waals surface area contributed by atoms with Crippen LogP contribution in [0.1, 0.15) is 15.9 Å². The van der Waals surface area contributed by atoms with E-state index in [4.69, 9.17) is 35.3 Å². The summed E-state index contributed by atoms with van der Waals surface area (Å²) in [5.74, 6) is -0.675. The summed E-state index contributed by atoms with van der Waals surface area (Å²) < 4.78 is 14.0. The second-order valence-electron chi connectivity index (χ2n) is 5.72. The largest absolute Gasteiger partial charge is 0.383 e. The van der Waals surface area contributed by atoms with E-state index in [9.17, 15) is 9.18 Å². The normalized spacial score (nSPS) is 10.6. The lowest BCUT2D eigenvalue weighted by Crippen LogP contribution is -2.19.